The van der Waals surface area contributed by atoms with Gasteiger partial charge in [0.25, 0.3) is 6.43 Å². The molecule has 1 aromatic heterocycles. The van der Waals surface area contributed by atoms with Crippen LogP contribution >= 0.6 is 24.0 Å². The number of aliphatic imine (C=N–C) groups is 1. The zero-order chi connectivity index (χ0) is 16.0. The highest BCUT2D eigenvalue weighted by Crippen LogP contribution is 2.14. The van der Waals surface area contributed by atoms with Gasteiger partial charge in [0.05, 0.1) is 5.69 Å². The van der Waals surface area contributed by atoms with Gasteiger partial charge in [0.2, 0.25) is 0 Å². The van der Waals surface area contributed by atoms with Gasteiger partial charge < -0.3 is 10.6 Å². The van der Waals surface area contributed by atoms with E-state index in [0.717, 1.165) is 17.8 Å². The first-order chi connectivity index (χ1) is 9.85. The highest BCUT2D eigenvalue weighted by molar-refractivity contribution is 14.0. The average molecular weight is 429 g/mol. The number of rotatable bonds is 6. The van der Waals surface area contributed by atoms with Crippen molar-refractivity contribution in [2.75, 3.05) is 13.1 Å². The van der Waals surface area contributed by atoms with E-state index in [2.05, 4.69) is 20.7 Å². The Kier molecular flexibility index (Phi) is 9.54. The number of nitrogens with one attached hydrogen (secondary N) is 2. The molecule has 0 fully saturated rings. The molecule has 0 aromatic carbocycles. The fourth-order valence-electron chi connectivity index (χ4n) is 2.18. The summed E-state index contributed by atoms with van der Waals surface area (Å²) in [7, 11) is 1.91. The number of nitrogens with zero attached hydrogens (tertiary/aromatic N) is 3. The van der Waals surface area contributed by atoms with Crippen LogP contribution in [0.3, 0.4) is 0 Å². The zero-order valence-corrected chi connectivity index (χ0v) is 16.1. The Bertz CT molecular complexity index is 488. The molecule has 0 saturated carbocycles. The number of aromatic nitrogens is 2. The van der Waals surface area contributed by atoms with Gasteiger partial charge in [-0.3, -0.25) is 4.68 Å². The molecule has 5 nitrogen and oxygen atoms in total. The normalized spacial score (nSPS) is 13.0. The molecule has 1 unspecified atom stereocenters. The van der Waals surface area contributed by atoms with Crippen LogP contribution in [-0.2, 0) is 13.5 Å². The van der Waals surface area contributed by atoms with Crippen LogP contribution in [0.5, 0.6) is 0 Å². The van der Waals surface area contributed by atoms with E-state index < -0.39 is 13.0 Å². The maximum atomic E-state index is 12.3. The fourth-order valence-corrected chi connectivity index (χ4v) is 2.18. The summed E-state index contributed by atoms with van der Waals surface area (Å²) in [4.78, 5) is 3.87. The molecule has 128 valence electrons. The van der Waals surface area contributed by atoms with Crippen molar-refractivity contribution in [1.82, 2.24) is 20.4 Å². The van der Waals surface area contributed by atoms with E-state index in [1.807, 2.05) is 39.4 Å². The highest BCUT2D eigenvalue weighted by Gasteiger charge is 2.14. The molecule has 0 aliphatic heterocycles. The minimum atomic E-state index is -2.43. The van der Waals surface area contributed by atoms with E-state index in [9.17, 15) is 8.78 Å². The molecule has 0 bridgehead atoms. The molecular formula is C14H26F2IN5. The van der Waals surface area contributed by atoms with Crippen LogP contribution in [0, 0.1) is 13.8 Å². The van der Waals surface area contributed by atoms with Crippen LogP contribution in [0.25, 0.3) is 0 Å². The topological polar surface area (TPSA) is 54.2 Å². The lowest BCUT2D eigenvalue weighted by molar-refractivity contribution is 0.158. The van der Waals surface area contributed by atoms with Gasteiger partial charge in [-0.05, 0) is 39.7 Å². The Morgan fingerprint density at radius 3 is 2.45 bits per heavy atom. The van der Waals surface area contributed by atoms with Gasteiger partial charge >= 0.3 is 0 Å². The van der Waals surface area contributed by atoms with E-state index in [1.54, 1.807) is 0 Å². The van der Waals surface area contributed by atoms with Crippen molar-refractivity contribution in [2.45, 2.75) is 46.6 Å². The molecule has 0 spiro atoms. The molecule has 0 saturated heterocycles. The number of guanidine groups is 1. The van der Waals surface area contributed by atoms with Crippen LogP contribution < -0.4 is 10.6 Å². The van der Waals surface area contributed by atoms with Crippen molar-refractivity contribution in [3.05, 3.63) is 17.0 Å². The molecule has 2 N–H and O–H groups in total. The quantitative estimate of drug-likeness (QED) is 0.415. The van der Waals surface area contributed by atoms with Crippen molar-refractivity contribution in [3.8, 4) is 0 Å². The molecule has 0 radical (unpaired) electrons. The minimum Gasteiger partial charge on any atom is -0.357 e. The minimum absolute atomic E-state index is 0. The second-order valence-corrected chi connectivity index (χ2v) is 5.13. The second kappa shape index (κ2) is 9.96. The van der Waals surface area contributed by atoms with Gasteiger partial charge in [-0.2, -0.15) is 5.10 Å². The van der Waals surface area contributed by atoms with Crippen molar-refractivity contribution >= 4 is 29.9 Å². The molecule has 1 atom stereocenters. The fraction of sp³-hybridized carbons (Fsp3) is 0.714. The summed E-state index contributed by atoms with van der Waals surface area (Å²) in [6, 6.07) is 0.0714. The summed E-state index contributed by atoms with van der Waals surface area (Å²) in [6.45, 7) is 8.05. The van der Waals surface area contributed by atoms with Gasteiger partial charge in [-0.15, -0.1) is 24.0 Å². The molecule has 0 aliphatic rings. The monoisotopic (exact) mass is 429 g/mol. The van der Waals surface area contributed by atoms with Gasteiger partial charge in [0.1, 0.15) is 6.54 Å². The third-order valence-electron chi connectivity index (χ3n) is 3.28. The Morgan fingerprint density at radius 2 is 2.00 bits per heavy atom. The summed E-state index contributed by atoms with van der Waals surface area (Å²) in [5, 5.41) is 10.5. The van der Waals surface area contributed by atoms with Crippen molar-refractivity contribution < 1.29 is 8.78 Å². The van der Waals surface area contributed by atoms with Gasteiger partial charge in [0.15, 0.2) is 5.96 Å². The lowest BCUT2D eigenvalue weighted by atomic mass is 10.1. The maximum Gasteiger partial charge on any atom is 0.257 e. The van der Waals surface area contributed by atoms with Crippen LogP contribution in [0.2, 0.25) is 0 Å². The van der Waals surface area contributed by atoms with Crippen molar-refractivity contribution in [2.24, 2.45) is 12.0 Å². The third kappa shape index (κ3) is 6.45. The Hall–Kier alpha value is -0.930. The summed E-state index contributed by atoms with van der Waals surface area (Å²) in [6.07, 6.45) is -1.66. The Morgan fingerprint density at radius 1 is 1.36 bits per heavy atom. The molecule has 22 heavy (non-hydrogen) atoms. The number of halogens is 3. The average Bonchev–Trinajstić information content (AvgIpc) is 2.63. The van der Waals surface area contributed by atoms with E-state index in [0.29, 0.717) is 12.5 Å². The molecule has 0 aliphatic carbocycles. The SMILES string of the molecule is CCNC(=NCC(F)F)NC(C)Cc1c(C)nn(C)c1C.I. The number of alkyl halides is 2. The van der Waals surface area contributed by atoms with Crippen LogP contribution in [0.1, 0.15) is 30.8 Å². The first kappa shape index (κ1) is 21.1. The zero-order valence-electron chi connectivity index (χ0n) is 13.8. The molecular weight excluding hydrogens is 403 g/mol. The highest BCUT2D eigenvalue weighted by atomic mass is 127. The number of hydrogen-bond acceptors (Lipinski definition) is 2. The molecule has 0 amide bonds. The lowest BCUT2D eigenvalue weighted by Gasteiger charge is -2.18. The largest absolute Gasteiger partial charge is 0.357 e. The van der Waals surface area contributed by atoms with E-state index in [4.69, 9.17) is 0 Å². The summed E-state index contributed by atoms with van der Waals surface area (Å²) in [5.74, 6) is 0.421. The van der Waals surface area contributed by atoms with E-state index in [1.165, 1.54) is 5.56 Å². The number of hydrogen-bond donors (Lipinski definition) is 2. The third-order valence-corrected chi connectivity index (χ3v) is 3.28. The Balaban J connectivity index is 0.00000441. The summed E-state index contributed by atoms with van der Waals surface area (Å²) in [5.41, 5.74) is 3.30. The van der Waals surface area contributed by atoms with Crippen LogP contribution in [-0.4, -0.2) is 41.3 Å². The first-order valence-corrected chi connectivity index (χ1v) is 7.17. The van der Waals surface area contributed by atoms with Gasteiger partial charge in [-0.25, -0.2) is 13.8 Å². The summed E-state index contributed by atoms with van der Waals surface area (Å²) < 4.78 is 26.4. The molecule has 1 aromatic rings. The predicted octanol–water partition coefficient (Wildman–Crippen LogP) is 2.41. The van der Waals surface area contributed by atoms with E-state index in [-0.39, 0.29) is 30.0 Å². The van der Waals surface area contributed by atoms with Gasteiger partial charge in [-0.1, -0.05) is 0 Å². The second-order valence-electron chi connectivity index (χ2n) is 5.13. The maximum absolute atomic E-state index is 12.3. The van der Waals surface area contributed by atoms with Crippen LogP contribution in [0.15, 0.2) is 4.99 Å². The van der Waals surface area contributed by atoms with Crippen molar-refractivity contribution in [1.29, 1.82) is 0 Å². The first-order valence-electron chi connectivity index (χ1n) is 7.17. The molecule has 1 rings (SSSR count). The van der Waals surface area contributed by atoms with Gasteiger partial charge in [0, 0.05) is 25.3 Å². The molecule has 8 heteroatoms. The lowest BCUT2D eigenvalue weighted by Crippen LogP contribution is -2.43. The Labute approximate surface area is 148 Å². The summed E-state index contributed by atoms with van der Waals surface area (Å²) >= 11 is 0. The van der Waals surface area contributed by atoms with E-state index >= 15 is 0 Å². The molecule has 1 heterocycles. The standard InChI is InChI=1S/C14H25F2N5.HI/c1-6-17-14(18-8-13(15)16)19-9(2)7-12-10(3)20-21(5)11(12)4;/h9,13H,6-8H2,1-5H3,(H2,17,18,19);1H. The smallest absolute Gasteiger partial charge is 0.257 e. The van der Waals surface area contributed by atoms with Crippen molar-refractivity contribution in [3.63, 3.8) is 0 Å². The number of aryl methyl sites for hydroxylation is 2. The predicted molar refractivity (Wildman–Crippen MR) is 96.4 cm³/mol. The van der Waals surface area contributed by atoms with Crippen LogP contribution in [0.4, 0.5) is 8.78 Å².